The van der Waals surface area contributed by atoms with E-state index in [9.17, 15) is 0 Å². The van der Waals surface area contributed by atoms with E-state index in [0.29, 0.717) is 5.41 Å². The molecule has 1 aliphatic rings. The third kappa shape index (κ3) is 2.46. The molecule has 78 valence electrons. The lowest BCUT2D eigenvalue weighted by atomic mass is 9.65. The fraction of sp³-hybridized carbons (Fsp3) is 1.00. The third-order valence-corrected chi connectivity index (χ3v) is 3.89. The highest BCUT2D eigenvalue weighted by Crippen LogP contribution is 2.42. The number of nitrogens with one attached hydrogen (secondary N) is 1. The van der Waals surface area contributed by atoms with Gasteiger partial charge in [0.15, 0.2) is 0 Å². The van der Waals surface area contributed by atoms with E-state index in [4.69, 9.17) is 0 Å². The molecule has 1 aliphatic carbocycles. The van der Waals surface area contributed by atoms with Crippen LogP contribution in [0.2, 0.25) is 0 Å². The van der Waals surface area contributed by atoms with Crippen LogP contribution in [0.15, 0.2) is 0 Å². The summed E-state index contributed by atoms with van der Waals surface area (Å²) in [6.45, 7) is 7.18. The summed E-state index contributed by atoms with van der Waals surface area (Å²) in [5.41, 5.74) is 0.557. The molecule has 0 radical (unpaired) electrons. The maximum Gasteiger partial charge on any atom is 0.00947 e. The first-order chi connectivity index (χ1) is 6.11. The fourth-order valence-corrected chi connectivity index (χ4v) is 2.96. The largest absolute Gasteiger partial charge is 0.317 e. The van der Waals surface area contributed by atoms with Crippen LogP contribution in [-0.4, -0.2) is 13.1 Å². The van der Waals surface area contributed by atoms with Crippen molar-refractivity contribution in [3.8, 4) is 0 Å². The van der Waals surface area contributed by atoms with Gasteiger partial charge in [-0.1, -0.05) is 33.6 Å². The highest BCUT2D eigenvalue weighted by atomic mass is 14.9. The van der Waals surface area contributed by atoms with E-state index in [-0.39, 0.29) is 0 Å². The fourth-order valence-electron chi connectivity index (χ4n) is 2.96. The maximum atomic E-state index is 3.48. The normalized spacial score (nSPS) is 30.0. The summed E-state index contributed by atoms with van der Waals surface area (Å²) < 4.78 is 0. The van der Waals surface area contributed by atoms with Crippen LogP contribution in [0.1, 0.15) is 52.9 Å². The predicted molar refractivity (Wildman–Crippen MR) is 58.9 cm³/mol. The maximum absolute atomic E-state index is 3.48. The van der Waals surface area contributed by atoms with E-state index in [1.54, 1.807) is 0 Å². The van der Waals surface area contributed by atoms with Gasteiger partial charge in [0.2, 0.25) is 0 Å². The van der Waals surface area contributed by atoms with E-state index < -0.39 is 0 Å². The van der Waals surface area contributed by atoms with Crippen LogP contribution in [0.3, 0.4) is 0 Å². The van der Waals surface area contributed by atoms with Crippen LogP contribution in [-0.2, 0) is 0 Å². The molecule has 1 saturated carbocycles. The zero-order chi connectivity index (χ0) is 9.90. The zero-order valence-corrected chi connectivity index (χ0v) is 9.69. The van der Waals surface area contributed by atoms with Crippen LogP contribution in [0.25, 0.3) is 0 Å². The summed E-state index contributed by atoms with van der Waals surface area (Å²) in [5.74, 6) is 0.885. The Balaban J connectivity index is 2.63. The molecule has 1 heteroatoms. The van der Waals surface area contributed by atoms with Crippen LogP contribution < -0.4 is 5.32 Å². The van der Waals surface area contributed by atoms with Crippen molar-refractivity contribution in [2.75, 3.05) is 7.05 Å². The number of rotatable bonds is 3. The summed E-state index contributed by atoms with van der Waals surface area (Å²) in [7, 11) is 2.11. The van der Waals surface area contributed by atoms with E-state index in [1.807, 2.05) is 0 Å². The molecule has 0 aromatic heterocycles. The molecule has 13 heavy (non-hydrogen) atoms. The molecular weight excluding hydrogens is 158 g/mol. The SMILES string of the molecule is CCC(NC)C1CCCCC1(C)C. The molecule has 1 nitrogen and oxygen atoms in total. The van der Waals surface area contributed by atoms with Crippen molar-refractivity contribution in [2.45, 2.75) is 58.9 Å². The smallest absolute Gasteiger partial charge is 0.00947 e. The first-order valence-electron chi connectivity index (χ1n) is 5.79. The van der Waals surface area contributed by atoms with Crippen molar-refractivity contribution >= 4 is 0 Å². The van der Waals surface area contributed by atoms with E-state index >= 15 is 0 Å². The van der Waals surface area contributed by atoms with E-state index in [0.717, 1.165) is 12.0 Å². The van der Waals surface area contributed by atoms with Gasteiger partial charge >= 0.3 is 0 Å². The highest BCUT2D eigenvalue weighted by molar-refractivity contribution is 4.89. The van der Waals surface area contributed by atoms with Crippen LogP contribution in [0.4, 0.5) is 0 Å². The van der Waals surface area contributed by atoms with Crippen molar-refractivity contribution in [3.05, 3.63) is 0 Å². The van der Waals surface area contributed by atoms with Crippen molar-refractivity contribution < 1.29 is 0 Å². The van der Waals surface area contributed by atoms with Crippen molar-refractivity contribution in [1.29, 1.82) is 0 Å². The minimum Gasteiger partial charge on any atom is -0.317 e. The topological polar surface area (TPSA) is 12.0 Å². The third-order valence-electron chi connectivity index (χ3n) is 3.89. The Hall–Kier alpha value is -0.0400. The average molecular weight is 183 g/mol. The van der Waals surface area contributed by atoms with Crippen molar-refractivity contribution in [3.63, 3.8) is 0 Å². The van der Waals surface area contributed by atoms with Gasteiger partial charge in [0.1, 0.15) is 0 Å². The highest BCUT2D eigenvalue weighted by Gasteiger charge is 2.35. The molecule has 2 atom stereocenters. The number of hydrogen-bond donors (Lipinski definition) is 1. The molecular formula is C12H25N. The van der Waals surface area contributed by atoms with Crippen LogP contribution in [0.5, 0.6) is 0 Å². The molecule has 2 unspecified atom stereocenters. The van der Waals surface area contributed by atoms with Gasteiger partial charge in [-0.3, -0.25) is 0 Å². The molecule has 0 aliphatic heterocycles. The number of hydrogen-bond acceptors (Lipinski definition) is 1. The molecule has 1 rings (SSSR count). The lowest BCUT2D eigenvalue weighted by Crippen LogP contribution is -2.43. The van der Waals surface area contributed by atoms with E-state index in [1.165, 1.54) is 32.1 Å². The van der Waals surface area contributed by atoms with Gasteiger partial charge in [0.05, 0.1) is 0 Å². The molecule has 1 N–H and O–H groups in total. The molecule has 1 fully saturated rings. The van der Waals surface area contributed by atoms with Gasteiger partial charge in [-0.05, 0) is 37.6 Å². The van der Waals surface area contributed by atoms with Gasteiger partial charge in [-0.2, -0.15) is 0 Å². The first kappa shape index (κ1) is 11.0. The summed E-state index contributed by atoms with van der Waals surface area (Å²) in [4.78, 5) is 0. The second-order valence-electron chi connectivity index (χ2n) is 5.14. The van der Waals surface area contributed by atoms with Crippen molar-refractivity contribution in [1.82, 2.24) is 5.32 Å². The molecule has 0 saturated heterocycles. The van der Waals surface area contributed by atoms with Gasteiger partial charge < -0.3 is 5.32 Å². The zero-order valence-electron chi connectivity index (χ0n) is 9.69. The Morgan fingerprint density at radius 2 is 2.08 bits per heavy atom. The van der Waals surface area contributed by atoms with Gasteiger partial charge in [0, 0.05) is 6.04 Å². The van der Waals surface area contributed by atoms with Gasteiger partial charge in [-0.15, -0.1) is 0 Å². The molecule has 0 heterocycles. The Morgan fingerprint density at radius 1 is 1.38 bits per heavy atom. The lowest BCUT2D eigenvalue weighted by Gasteiger charge is -2.43. The molecule has 0 bridgehead atoms. The summed E-state index contributed by atoms with van der Waals surface area (Å²) in [6.07, 6.45) is 6.97. The quantitative estimate of drug-likeness (QED) is 0.708. The average Bonchev–Trinajstić information content (AvgIpc) is 2.09. The van der Waals surface area contributed by atoms with Gasteiger partial charge in [0.25, 0.3) is 0 Å². The Morgan fingerprint density at radius 3 is 2.54 bits per heavy atom. The first-order valence-corrected chi connectivity index (χ1v) is 5.79. The predicted octanol–water partition coefficient (Wildman–Crippen LogP) is 3.20. The summed E-state index contributed by atoms with van der Waals surface area (Å²) in [5, 5.41) is 3.48. The minimum absolute atomic E-state index is 0.557. The lowest BCUT2D eigenvalue weighted by molar-refractivity contribution is 0.0996. The molecule has 0 aromatic carbocycles. The minimum atomic E-state index is 0.557. The molecule has 0 aromatic rings. The van der Waals surface area contributed by atoms with E-state index in [2.05, 4.69) is 33.1 Å². The standard InChI is InChI=1S/C12H25N/c1-5-11(13-4)10-8-6-7-9-12(10,2)3/h10-11,13H,5-9H2,1-4H3. The summed E-state index contributed by atoms with van der Waals surface area (Å²) in [6, 6.07) is 0.732. The molecule has 0 amide bonds. The Labute approximate surface area is 83.3 Å². The monoisotopic (exact) mass is 183 g/mol. The summed E-state index contributed by atoms with van der Waals surface area (Å²) >= 11 is 0. The van der Waals surface area contributed by atoms with Crippen molar-refractivity contribution in [2.24, 2.45) is 11.3 Å². The Bertz CT molecular complexity index is 147. The Kier molecular flexibility index (Phi) is 3.78. The van der Waals surface area contributed by atoms with Crippen LogP contribution >= 0.6 is 0 Å². The molecule has 0 spiro atoms. The second-order valence-corrected chi connectivity index (χ2v) is 5.14. The van der Waals surface area contributed by atoms with Crippen LogP contribution in [0, 0.1) is 11.3 Å². The second kappa shape index (κ2) is 4.45. The van der Waals surface area contributed by atoms with Gasteiger partial charge in [-0.25, -0.2) is 0 Å².